The minimum atomic E-state index is -4.43. The normalized spacial score (nSPS) is 14.4. The summed E-state index contributed by atoms with van der Waals surface area (Å²) < 4.78 is 70.8. The Bertz CT molecular complexity index is 915. The van der Waals surface area contributed by atoms with Gasteiger partial charge in [0.25, 0.3) is 20.2 Å². The van der Waals surface area contributed by atoms with Gasteiger partial charge in [-0.3, -0.25) is 9.11 Å². The van der Waals surface area contributed by atoms with Gasteiger partial charge >= 0.3 is 0 Å². The average molecular weight is 446 g/mol. The molecule has 0 aliphatic heterocycles. The monoisotopic (exact) mass is 446 g/mol. The third-order valence-electron chi connectivity index (χ3n) is 4.30. The van der Waals surface area contributed by atoms with Crippen molar-refractivity contribution in [1.82, 2.24) is 0 Å². The van der Waals surface area contributed by atoms with Gasteiger partial charge in [-0.15, -0.1) is 0 Å². The van der Waals surface area contributed by atoms with E-state index in [2.05, 4.69) is 0 Å². The summed E-state index contributed by atoms with van der Waals surface area (Å²) in [5, 5.41) is 16.1. The molecule has 0 aliphatic rings. The van der Waals surface area contributed by atoms with E-state index in [0.29, 0.717) is 0 Å². The smallest absolute Gasteiger partial charge is 0.272 e. The van der Waals surface area contributed by atoms with Crippen molar-refractivity contribution in [2.75, 3.05) is 13.2 Å². The van der Waals surface area contributed by atoms with Crippen molar-refractivity contribution >= 4 is 20.2 Å². The molecule has 0 heterocycles. The quantitative estimate of drug-likeness (QED) is 0.318. The summed E-state index contributed by atoms with van der Waals surface area (Å²) in [6.07, 6.45) is -0.196. The Labute approximate surface area is 169 Å². The van der Waals surface area contributed by atoms with E-state index in [9.17, 15) is 36.2 Å². The number of rotatable bonds is 10. The van der Waals surface area contributed by atoms with Gasteiger partial charge in [-0.2, -0.15) is 16.8 Å². The van der Waals surface area contributed by atoms with Gasteiger partial charge in [-0.25, -0.2) is 0 Å². The highest BCUT2D eigenvalue weighted by atomic mass is 32.2. The summed E-state index contributed by atoms with van der Waals surface area (Å²) in [5.74, 6) is -0.103. The van der Waals surface area contributed by atoms with Gasteiger partial charge in [0.05, 0.1) is 0 Å². The fourth-order valence-corrected chi connectivity index (χ4v) is 4.63. The maximum Gasteiger partial charge on any atom is 0.272 e. The van der Waals surface area contributed by atoms with Crippen molar-refractivity contribution in [3.63, 3.8) is 0 Å². The molecule has 0 bridgehead atoms. The lowest BCUT2D eigenvalue weighted by atomic mass is 10.1. The number of phenolic OH excluding ortho intramolecular Hbond substituents is 2. The lowest BCUT2D eigenvalue weighted by Crippen LogP contribution is -2.17. The van der Waals surface area contributed by atoms with Gasteiger partial charge in [0.15, 0.2) is 0 Å². The lowest BCUT2D eigenvalue weighted by Gasteiger charge is -2.16. The number of phenols is 2. The predicted molar refractivity (Wildman–Crippen MR) is 105 cm³/mol. The van der Waals surface area contributed by atoms with Crippen LogP contribution in [-0.2, 0) is 25.0 Å². The molecule has 0 aliphatic carbocycles. The van der Waals surface area contributed by atoms with E-state index in [1.54, 1.807) is 0 Å². The van der Waals surface area contributed by atoms with Crippen LogP contribution >= 0.6 is 0 Å². The molecular weight excluding hydrogens is 424 g/mol. The Morgan fingerprint density at radius 3 is 1.24 bits per heavy atom. The van der Waals surface area contributed by atoms with Gasteiger partial charge in [0.2, 0.25) is 0 Å². The van der Waals surface area contributed by atoms with Crippen molar-refractivity contribution in [3.8, 4) is 11.5 Å². The second-order valence-corrected chi connectivity index (χ2v) is 9.58. The van der Waals surface area contributed by atoms with E-state index in [0.717, 1.165) is 0 Å². The molecule has 9 nitrogen and oxygen atoms in total. The molecule has 0 radical (unpaired) electrons. The minimum absolute atomic E-state index is 0.0513. The van der Waals surface area contributed by atoms with Crippen LogP contribution in [0.25, 0.3) is 0 Å². The summed E-state index contributed by atoms with van der Waals surface area (Å²) >= 11 is 0. The van der Waals surface area contributed by atoms with Gasteiger partial charge < -0.3 is 14.9 Å². The summed E-state index contributed by atoms with van der Waals surface area (Å²) in [5.41, 5.74) is 0.544. The molecule has 2 rings (SSSR count). The molecule has 0 spiro atoms. The van der Waals surface area contributed by atoms with Crippen LogP contribution in [0.1, 0.15) is 34.5 Å². The zero-order chi connectivity index (χ0) is 21.7. The van der Waals surface area contributed by atoms with Crippen LogP contribution in [0.4, 0.5) is 0 Å². The highest BCUT2D eigenvalue weighted by molar-refractivity contribution is 7.86. The molecule has 160 valence electrons. The Morgan fingerprint density at radius 1 is 0.655 bits per heavy atom. The minimum Gasteiger partial charge on any atom is -0.508 e. The Morgan fingerprint density at radius 2 is 0.966 bits per heavy atom. The van der Waals surface area contributed by atoms with E-state index in [-0.39, 0.29) is 48.7 Å². The van der Waals surface area contributed by atoms with Crippen LogP contribution in [-0.4, -0.2) is 49.4 Å². The fraction of sp³-hybridized carbons (Fsp3) is 0.333. The van der Waals surface area contributed by atoms with E-state index < -0.39 is 30.7 Å². The largest absolute Gasteiger partial charge is 0.508 e. The topological polar surface area (TPSA) is 158 Å². The molecule has 0 saturated heterocycles. The molecule has 2 aromatic carbocycles. The van der Waals surface area contributed by atoms with Gasteiger partial charge in [0, 0.05) is 13.2 Å². The first-order valence-electron chi connectivity index (χ1n) is 8.56. The van der Waals surface area contributed by atoms with E-state index in [1.165, 1.54) is 48.5 Å². The Hall–Kier alpha value is -2.18. The molecule has 11 heteroatoms. The summed E-state index contributed by atoms with van der Waals surface area (Å²) in [7, 11) is -8.85. The Kier molecular flexibility index (Phi) is 7.60. The first-order valence-corrected chi connectivity index (χ1v) is 11.6. The predicted octanol–water partition coefficient (Wildman–Crippen LogP) is 2.45. The van der Waals surface area contributed by atoms with E-state index >= 15 is 0 Å². The van der Waals surface area contributed by atoms with Crippen LogP contribution in [0.3, 0.4) is 0 Å². The number of hydrogen-bond donors (Lipinski definition) is 4. The molecule has 2 atom stereocenters. The number of hydrogen-bond acceptors (Lipinski definition) is 7. The lowest BCUT2D eigenvalue weighted by molar-refractivity contribution is 0.126. The zero-order valence-corrected chi connectivity index (χ0v) is 16.9. The highest BCUT2D eigenvalue weighted by Gasteiger charge is 2.26. The molecule has 4 N–H and O–H groups in total. The van der Waals surface area contributed by atoms with Crippen LogP contribution in [0.2, 0.25) is 0 Å². The summed E-state index contributed by atoms with van der Waals surface area (Å²) in [4.78, 5) is 0. The second kappa shape index (κ2) is 9.55. The molecule has 29 heavy (non-hydrogen) atoms. The molecular formula is C18H22O9S2. The van der Waals surface area contributed by atoms with Crippen LogP contribution < -0.4 is 0 Å². The van der Waals surface area contributed by atoms with Gasteiger partial charge in [-0.05, 0) is 48.2 Å². The zero-order valence-electron chi connectivity index (χ0n) is 15.2. The molecule has 0 fully saturated rings. The van der Waals surface area contributed by atoms with Crippen molar-refractivity contribution < 1.29 is 40.9 Å². The number of aromatic hydroxyl groups is 2. The van der Waals surface area contributed by atoms with Gasteiger partial charge in [0.1, 0.15) is 22.0 Å². The fourth-order valence-electron chi connectivity index (χ4n) is 2.84. The third kappa shape index (κ3) is 6.98. The average Bonchev–Trinajstić information content (AvgIpc) is 2.61. The first-order chi connectivity index (χ1) is 13.5. The third-order valence-corrected chi connectivity index (χ3v) is 6.75. The van der Waals surface area contributed by atoms with E-state index in [4.69, 9.17) is 4.74 Å². The van der Waals surface area contributed by atoms with Gasteiger partial charge in [-0.1, -0.05) is 24.3 Å². The van der Waals surface area contributed by atoms with Crippen molar-refractivity contribution in [3.05, 3.63) is 59.7 Å². The van der Waals surface area contributed by atoms with Crippen LogP contribution in [0.15, 0.2) is 48.5 Å². The molecule has 0 saturated carbocycles. The number of benzene rings is 2. The molecule has 2 aromatic rings. The molecule has 0 aromatic heterocycles. The maximum absolute atomic E-state index is 11.6. The molecule has 2 unspecified atom stereocenters. The van der Waals surface area contributed by atoms with Crippen molar-refractivity contribution in [1.29, 1.82) is 0 Å². The summed E-state index contributed by atoms with van der Waals surface area (Å²) in [6.45, 7) is -0.196. The first kappa shape index (κ1) is 23.1. The van der Waals surface area contributed by atoms with E-state index in [1.807, 2.05) is 0 Å². The van der Waals surface area contributed by atoms with Crippen molar-refractivity contribution in [2.24, 2.45) is 0 Å². The SMILES string of the molecule is O=S(=O)(O)C(CCOCCC(c1ccc(O)cc1)S(=O)(=O)O)c1ccc(O)cc1. The summed E-state index contributed by atoms with van der Waals surface area (Å²) in [6, 6.07) is 10.6. The number of ether oxygens (including phenoxy) is 1. The van der Waals surface area contributed by atoms with Crippen LogP contribution in [0.5, 0.6) is 11.5 Å². The standard InChI is InChI=1S/C18H22O9S2/c19-15-5-1-13(2-6-15)17(28(21,22)23)9-11-27-12-10-18(29(24,25)26)14-3-7-16(20)8-4-14/h1-8,17-20H,9-12H2,(H,21,22,23)(H,24,25,26). The maximum atomic E-state index is 11.6. The highest BCUT2D eigenvalue weighted by Crippen LogP contribution is 2.28. The molecule has 0 amide bonds. The second-order valence-electron chi connectivity index (χ2n) is 6.38. The van der Waals surface area contributed by atoms with Crippen molar-refractivity contribution in [2.45, 2.75) is 23.3 Å². The van der Waals surface area contributed by atoms with Crippen LogP contribution in [0, 0.1) is 0 Å². The Balaban J connectivity index is 1.96.